The van der Waals surface area contributed by atoms with Gasteiger partial charge in [-0.1, -0.05) is 35.5 Å². The first-order valence-corrected chi connectivity index (χ1v) is 9.35. The highest BCUT2D eigenvalue weighted by atomic mass is 19.4. The molecule has 12 heteroatoms. The van der Waals surface area contributed by atoms with Crippen LogP contribution in [-0.4, -0.2) is 55.3 Å². The van der Waals surface area contributed by atoms with E-state index in [1.807, 2.05) is 35.1 Å². The van der Waals surface area contributed by atoms with Crippen LogP contribution in [0.5, 0.6) is 0 Å². The monoisotopic (exact) mass is 435 g/mol. The molecular formula is C19H20F3N7O2. The maximum atomic E-state index is 10.6. The van der Waals surface area contributed by atoms with E-state index in [0.29, 0.717) is 12.0 Å². The third-order valence-corrected chi connectivity index (χ3v) is 4.64. The van der Waals surface area contributed by atoms with Gasteiger partial charge in [0.25, 0.3) is 0 Å². The fourth-order valence-corrected chi connectivity index (χ4v) is 3.10. The van der Waals surface area contributed by atoms with Crippen LogP contribution in [0.2, 0.25) is 0 Å². The average molecular weight is 435 g/mol. The molecule has 0 saturated carbocycles. The predicted octanol–water partition coefficient (Wildman–Crippen LogP) is 2.79. The number of rotatable bonds is 3. The topological polar surface area (TPSA) is 123 Å². The van der Waals surface area contributed by atoms with Crippen molar-refractivity contribution in [2.24, 2.45) is 0 Å². The van der Waals surface area contributed by atoms with Gasteiger partial charge in [-0.05, 0) is 18.9 Å². The summed E-state index contributed by atoms with van der Waals surface area (Å²) in [4.78, 5) is 19.4. The summed E-state index contributed by atoms with van der Waals surface area (Å²) in [7, 11) is 0. The number of hydrogen-bond donors (Lipinski definition) is 2. The summed E-state index contributed by atoms with van der Waals surface area (Å²) >= 11 is 0. The van der Waals surface area contributed by atoms with Crippen molar-refractivity contribution in [3.8, 4) is 11.3 Å². The summed E-state index contributed by atoms with van der Waals surface area (Å²) in [5.74, 6) is -1.55. The van der Waals surface area contributed by atoms with Gasteiger partial charge in [0.15, 0.2) is 0 Å². The number of benzene rings is 1. The lowest BCUT2D eigenvalue weighted by Gasteiger charge is -2.32. The minimum absolute atomic E-state index is 0.318. The molecule has 31 heavy (non-hydrogen) atoms. The van der Waals surface area contributed by atoms with Crippen LogP contribution in [0.15, 0.2) is 48.8 Å². The fourth-order valence-electron chi connectivity index (χ4n) is 3.10. The highest BCUT2D eigenvalue weighted by Crippen LogP contribution is 2.26. The second kappa shape index (κ2) is 9.41. The van der Waals surface area contributed by atoms with E-state index in [1.165, 1.54) is 0 Å². The first kappa shape index (κ1) is 22.0. The minimum atomic E-state index is -5.08. The van der Waals surface area contributed by atoms with Gasteiger partial charge < -0.3 is 15.7 Å². The second-order valence-corrected chi connectivity index (χ2v) is 6.74. The molecule has 0 amide bonds. The van der Waals surface area contributed by atoms with Crippen molar-refractivity contribution in [2.45, 2.75) is 25.1 Å². The van der Waals surface area contributed by atoms with Gasteiger partial charge in [-0.25, -0.2) is 14.5 Å². The van der Waals surface area contributed by atoms with E-state index < -0.39 is 12.1 Å². The zero-order valence-corrected chi connectivity index (χ0v) is 16.3. The van der Waals surface area contributed by atoms with Crippen LogP contribution in [0.4, 0.5) is 24.9 Å². The number of anilines is 2. The molecule has 0 radical (unpaired) electrons. The summed E-state index contributed by atoms with van der Waals surface area (Å²) in [5.41, 5.74) is 7.68. The number of aromatic nitrogens is 5. The molecule has 1 aromatic carbocycles. The third kappa shape index (κ3) is 5.90. The Labute approximate surface area is 175 Å². The van der Waals surface area contributed by atoms with Crippen molar-refractivity contribution in [2.75, 3.05) is 23.7 Å². The van der Waals surface area contributed by atoms with Crippen molar-refractivity contribution in [1.82, 2.24) is 25.0 Å². The molecule has 1 aliphatic heterocycles. The molecule has 9 nitrogen and oxygen atoms in total. The Hall–Kier alpha value is -3.70. The van der Waals surface area contributed by atoms with Crippen LogP contribution in [0.25, 0.3) is 11.3 Å². The Kier molecular flexibility index (Phi) is 6.68. The Morgan fingerprint density at radius 1 is 1.13 bits per heavy atom. The quantitative estimate of drug-likeness (QED) is 0.644. The normalized spacial score (nSPS) is 14.6. The SMILES string of the molecule is Nc1nccc(N2CCC(n3cc(-c4ccccc4)nn3)CC2)n1.O=C(O)C(F)(F)F. The van der Waals surface area contributed by atoms with Crippen LogP contribution >= 0.6 is 0 Å². The van der Waals surface area contributed by atoms with E-state index >= 15 is 0 Å². The summed E-state index contributed by atoms with van der Waals surface area (Å²) in [5, 5.41) is 15.8. The lowest BCUT2D eigenvalue weighted by Crippen LogP contribution is -2.35. The fraction of sp³-hybridized carbons (Fsp3) is 0.316. The van der Waals surface area contributed by atoms with Gasteiger partial charge in [-0.3, -0.25) is 0 Å². The number of nitrogens with zero attached hydrogens (tertiary/aromatic N) is 6. The number of aliphatic carboxylic acids is 1. The van der Waals surface area contributed by atoms with Crippen molar-refractivity contribution in [3.05, 3.63) is 48.8 Å². The number of nitrogens with two attached hydrogens (primary N) is 1. The smallest absolute Gasteiger partial charge is 0.475 e. The molecule has 0 aliphatic carbocycles. The largest absolute Gasteiger partial charge is 0.490 e. The molecule has 0 unspecified atom stereocenters. The van der Waals surface area contributed by atoms with Gasteiger partial charge >= 0.3 is 12.1 Å². The van der Waals surface area contributed by atoms with E-state index in [9.17, 15) is 13.2 Å². The number of hydrogen-bond acceptors (Lipinski definition) is 7. The average Bonchev–Trinajstić information content (AvgIpc) is 3.25. The van der Waals surface area contributed by atoms with Crippen molar-refractivity contribution in [1.29, 1.82) is 0 Å². The van der Waals surface area contributed by atoms with Crippen LogP contribution in [0, 0.1) is 0 Å². The predicted molar refractivity (Wildman–Crippen MR) is 106 cm³/mol. The minimum Gasteiger partial charge on any atom is -0.475 e. The maximum Gasteiger partial charge on any atom is 0.490 e. The van der Waals surface area contributed by atoms with E-state index in [-0.39, 0.29) is 0 Å². The second-order valence-electron chi connectivity index (χ2n) is 6.74. The van der Waals surface area contributed by atoms with Crippen LogP contribution < -0.4 is 10.6 Å². The van der Waals surface area contributed by atoms with Gasteiger partial charge in [-0.2, -0.15) is 18.2 Å². The van der Waals surface area contributed by atoms with Crippen molar-refractivity contribution < 1.29 is 23.1 Å². The lowest BCUT2D eigenvalue weighted by molar-refractivity contribution is -0.192. The van der Waals surface area contributed by atoms with Crippen LogP contribution in [0.1, 0.15) is 18.9 Å². The maximum absolute atomic E-state index is 10.6. The van der Waals surface area contributed by atoms with Gasteiger partial charge in [0.1, 0.15) is 11.5 Å². The number of carbonyl (C=O) groups is 1. The molecule has 3 aromatic rings. The number of nitrogen functional groups attached to an aromatic ring is 1. The summed E-state index contributed by atoms with van der Waals surface area (Å²) < 4.78 is 33.7. The van der Waals surface area contributed by atoms with Gasteiger partial charge in [0, 0.05) is 24.8 Å². The Morgan fingerprint density at radius 3 is 2.35 bits per heavy atom. The molecule has 0 atom stereocenters. The number of alkyl halides is 3. The standard InChI is InChI=1S/C17H19N7.C2HF3O2/c18-17-19-9-6-16(20-17)23-10-7-14(8-11-23)24-12-15(21-22-24)13-4-2-1-3-5-13;3-2(4,5)1(6)7/h1-6,9,12,14H,7-8,10-11H2,(H2,18,19,20);(H,6,7). The van der Waals surface area contributed by atoms with Gasteiger partial charge in [-0.15, -0.1) is 5.10 Å². The van der Waals surface area contributed by atoms with Gasteiger partial charge in [0.05, 0.1) is 12.2 Å². The number of carboxylic acids is 1. The highest BCUT2D eigenvalue weighted by Gasteiger charge is 2.38. The van der Waals surface area contributed by atoms with Crippen LogP contribution in [-0.2, 0) is 4.79 Å². The number of carboxylic acid groups (broad SMARTS) is 1. The van der Waals surface area contributed by atoms with Crippen molar-refractivity contribution >= 4 is 17.7 Å². The molecular weight excluding hydrogens is 415 g/mol. The molecule has 3 N–H and O–H groups in total. The molecule has 0 spiro atoms. The Morgan fingerprint density at radius 2 is 1.77 bits per heavy atom. The molecule has 1 fully saturated rings. The first-order valence-electron chi connectivity index (χ1n) is 9.35. The molecule has 164 valence electrons. The number of halogens is 3. The molecule has 1 saturated heterocycles. The Bertz CT molecular complexity index is 1000. The zero-order valence-electron chi connectivity index (χ0n) is 16.3. The highest BCUT2D eigenvalue weighted by molar-refractivity contribution is 5.73. The van der Waals surface area contributed by atoms with E-state index in [1.54, 1.807) is 6.20 Å². The van der Waals surface area contributed by atoms with E-state index in [4.69, 9.17) is 15.6 Å². The van der Waals surface area contributed by atoms with Gasteiger partial charge in [0.2, 0.25) is 5.95 Å². The molecule has 0 bridgehead atoms. The molecule has 4 rings (SSSR count). The van der Waals surface area contributed by atoms with Crippen molar-refractivity contribution in [3.63, 3.8) is 0 Å². The van der Waals surface area contributed by atoms with E-state index in [0.717, 1.165) is 43.0 Å². The third-order valence-electron chi connectivity index (χ3n) is 4.64. The lowest BCUT2D eigenvalue weighted by atomic mass is 10.1. The first-order chi connectivity index (χ1) is 14.7. The Balaban J connectivity index is 0.000000339. The zero-order chi connectivity index (χ0) is 22.4. The molecule has 1 aliphatic rings. The van der Waals surface area contributed by atoms with E-state index in [2.05, 4.69) is 37.3 Å². The molecule has 2 aromatic heterocycles. The summed E-state index contributed by atoms with van der Waals surface area (Å²) in [6.07, 6.45) is 0.661. The number of piperidine rings is 1. The summed E-state index contributed by atoms with van der Waals surface area (Å²) in [6, 6.07) is 12.4. The molecule has 3 heterocycles. The van der Waals surface area contributed by atoms with Crippen LogP contribution in [0.3, 0.4) is 0 Å². The summed E-state index contributed by atoms with van der Waals surface area (Å²) in [6.45, 7) is 1.84.